The monoisotopic (exact) mass is 387 g/mol. The van der Waals surface area contributed by atoms with Gasteiger partial charge in [-0.25, -0.2) is 4.98 Å². The van der Waals surface area contributed by atoms with Crippen LogP contribution in [0, 0.1) is 0 Å². The molecule has 6 rings (SSSR count). The molecule has 2 aromatic heterocycles. The summed E-state index contributed by atoms with van der Waals surface area (Å²) in [6.45, 7) is 4.61. The quantitative estimate of drug-likeness (QED) is 0.351. The summed E-state index contributed by atoms with van der Waals surface area (Å²) in [4.78, 5) is 9.33. The first-order valence-corrected chi connectivity index (χ1v) is 10.3. The third kappa shape index (κ3) is 2.32. The molecule has 3 aromatic carbocycles. The fourth-order valence-corrected chi connectivity index (χ4v) is 4.85. The maximum atomic E-state index is 4.70. The van der Waals surface area contributed by atoms with Crippen LogP contribution in [0.2, 0.25) is 0 Å². The molecule has 0 saturated carbocycles. The van der Waals surface area contributed by atoms with Gasteiger partial charge in [-0.05, 0) is 46.5 Å². The first-order chi connectivity index (χ1) is 14.6. The zero-order valence-electron chi connectivity index (χ0n) is 17.0. The molecule has 0 fully saturated rings. The molecule has 0 aliphatic heterocycles. The molecule has 0 saturated heterocycles. The highest BCUT2D eigenvalue weighted by Gasteiger charge is 2.35. The summed E-state index contributed by atoms with van der Waals surface area (Å²) in [5.74, 6) is 0.907. The summed E-state index contributed by atoms with van der Waals surface area (Å²) in [6, 6.07) is 25.8. The van der Waals surface area contributed by atoms with Gasteiger partial charge in [-0.1, -0.05) is 62.4 Å². The Balaban J connectivity index is 1.55. The minimum absolute atomic E-state index is 0.0157. The van der Waals surface area contributed by atoms with Gasteiger partial charge in [0.15, 0.2) is 0 Å². The molecule has 0 amide bonds. The number of hydrogen-bond acceptors (Lipinski definition) is 2. The van der Waals surface area contributed by atoms with Gasteiger partial charge in [-0.15, -0.1) is 0 Å². The molecular formula is C27H21N3. The van der Waals surface area contributed by atoms with Gasteiger partial charge < -0.3 is 0 Å². The smallest absolute Gasteiger partial charge is 0.146 e. The van der Waals surface area contributed by atoms with Crippen molar-refractivity contribution in [2.75, 3.05) is 0 Å². The second-order valence-electron chi connectivity index (χ2n) is 8.40. The van der Waals surface area contributed by atoms with Gasteiger partial charge in [-0.3, -0.25) is 9.55 Å². The number of nitrogens with zero attached hydrogens (tertiary/aromatic N) is 3. The van der Waals surface area contributed by atoms with Gasteiger partial charge in [0.2, 0.25) is 0 Å². The Morgan fingerprint density at radius 3 is 2.43 bits per heavy atom. The summed E-state index contributed by atoms with van der Waals surface area (Å²) in [7, 11) is 0. The molecule has 5 aromatic rings. The zero-order chi connectivity index (χ0) is 20.3. The van der Waals surface area contributed by atoms with Crippen molar-refractivity contribution in [3.8, 4) is 28.2 Å². The van der Waals surface area contributed by atoms with Crippen molar-refractivity contribution in [1.29, 1.82) is 0 Å². The van der Waals surface area contributed by atoms with Crippen LogP contribution in [-0.2, 0) is 5.41 Å². The fourth-order valence-electron chi connectivity index (χ4n) is 4.85. The van der Waals surface area contributed by atoms with Crippen LogP contribution in [-0.4, -0.2) is 14.5 Å². The lowest BCUT2D eigenvalue weighted by Crippen LogP contribution is -2.14. The van der Waals surface area contributed by atoms with Gasteiger partial charge >= 0.3 is 0 Å². The lowest BCUT2D eigenvalue weighted by Gasteiger charge is -2.21. The Labute approximate surface area is 175 Å². The third-order valence-electron chi connectivity index (χ3n) is 6.36. The van der Waals surface area contributed by atoms with Crippen molar-refractivity contribution in [2.24, 2.45) is 0 Å². The molecule has 0 unspecified atom stereocenters. The van der Waals surface area contributed by atoms with Crippen LogP contribution in [0.4, 0.5) is 0 Å². The van der Waals surface area contributed by atoms with E-state index in [4.69, 9.17) is 4.98 Å². The highest BCUT2D eigenvalue weighted by Crippen LogP contribution is 2.49. The second-order valence-corrected chi connectivity index (χ2v) is 8.40. The molecule has 2 heterocycles. The van der Waals surface area contributed by atoms with Gasteiger partial charge in [-0.2, -0.15) is 0 Å². The molecular weight excluding hydrogens is 366 g/mol. The predicted molar refractivity (Wildman–Crippen MR) is 122 cm³/mol. The van der Waals surface area contributed by atoms with Gasteiger partial charge in [0, 0.05) is 40.6 Å². The lowest BCUT2D eigenvalue weighted by molar-refractivity contribution is 0.660. The van der Waals surface area contributed by atoms with Crippen LogP contribution in [0.3, 0.4) is 0 Å². The average Bonchev–Trinajstić information content (AvgIpc) is 3.35. The number of para-hydroxylation sites is 1. The normalized spacial score (nSPS) is 13.9. The van der Waals surface area contributed by atoms with Crippen molar-refractivity contribution in [2.45, 2.75) is 19.3 Å². The predicted octanol–water partition coefficient (Wildman–Crippen LogP) is 6.39. The molecule has 3 heteroatoms. The Bertz CT molecular complexity index is 1420. The van der Waals surface area contributed by atoms with Crippen molar-refractivity contribution < 1.29 is 0 Å². The largest absolute Gasteiger partial charge is 0.300 e. The minimum atomic E-state index is 0.0157. The Morgan fingerprint density at radius 1 is 0.700 bits per heavy atom. The van der Waals surface area contributed by atoms with Crippen LogP contribution in [0.25, 0.3) is 39.1 Å². The summed E-state index contributed by atoms with van der Waals surface area (Å²) in [5.41, 5.74) is 8.54. The van der Waals surface area contributed by atoms with Crippen LogP contribution < -0.4 is 0 Å². The first-order valence-electron chi connectivity index (χ1n) is 10.3. The van der Waals surface area contributed by atoms with E-state index in [0.717, 1.165) is 28.0 Å². The molecule has 1 aliphatic rings. The van der Waals surface area contributed by atoms with Crippen LogP contribution in [0.15, 0.2) is 91.4 Å². The molecule has 144 valence electrons. The number of aromatic nitrogens is 3. The van der Waals surface area contributed by atoms with E-state index >= 15 is 0 Å². The number of benzene rings is 3. The minimum Gasteiger partial charge on any atom is -0.300 e. The van der Waals surface area contributed by atoms with Crippen LogP contribution in [0.5, 0.6) is 0 Å². The van der Waals surface area contributed by atoms with E-state index in [9.17, 15) is 0 Å². The summed E-state index contributed by atoms with van der Waals surface area (Å²) < 4.78 is 2.16. The molecule has 0 radical (unpaired) electrons. The zero-order valence-corrected chi connectivity index (χ0v) is 17.0. The van der Waals surface area contributed by atoms with Crippen molar-refractivity contribution in [1.82, 2.24) is 14.5 Å². The van der Waals surface area contributed by atoms with E-state index in [-0.39, 0.29) is 5.41 Å². The van der Waals surface area contributed by atoms with E-state index < -0.39 is 0 Å². The maximum Gasteiger partial charge on any atom is 0.146 e. The Hall–Kier alpha value is -3.72. The Morgan fingerprint density at radius 2 is 1.50 bits per heavy atom. The Kier molecular flexibility index (Phi) is 3.51. The van der Waals surface area contributed by atoms with E-state index in [1.807, 2.05) is 24.7 Å². The second kappa shape index (κ2) is 6.14. The molecule has 0 N–H and O–H groups in total. The van der Waals surface area contributed by atoms with Crippen molar-refractivity contribution >= 4 is 10.9 Å². The van der Waals surface area contributed by atoms with E-state index in [2.05, 4.69) is 90.1 Å². The molecule has 0 spiro atoms. The highest BCUT2D eigenvalue weighted by molar-refractivity contribution is 5.92. The number of rotatable bonds is 2. The van der Waals surface area contributed by atoms with Gasteiger partial charge in [0.05, 0.1) is 5.52 Å². The van der Waals surface area contributed by atoms with E-state index in [0.29, 0.717) is 0 Å². The number of hydrogen-bond donors (Lipinski definition) is 0. The van der Waals surface area contributed by atoms with Crippen molar-refractivity contribution in [3.05, 3.63) is 103 Å². The van der Waals surface area contributed by atoms with Gasteiger partial charge in [0.25, 0.3) is 0 Å². The molecule has 0 bridgehead atoms. The number of pyridine rings is 1. The van der Waals surface area contributed by atoms with Crippen LogP contribution >= 0.6 is 0 Å². The summed E-state index contributed by atoms with van der Waals surface area (Å²) in [5, 5.41) is 1.12. The molecule has 0 atom stereocenters. The van der Waals surface area contributed by atoms with Crippen molar-refractivity contribution in [3.63, 3.8) is 0 Å². The van der Waals surface area contributed by atoms with E-state index in [1.54, 1.807) is 0 Å². The lowest BCUT2D eigenvalue weighted by atomic mass is 9.82. The summed E-state index contributed by atoms with van der Waals surface area (Å²) >= 11 is 0. The topological polar surface area (TPSA) is 30.7 Å². The summed E-state index contributed by atoms with van der Waals surface area (Å²) in [6.07, 6.45) is 5.74. The molecule has 3 nitrogen and oxygen atoms in total. The fraction of sp³-hybridized carbons (Fsp3) is 0.111. The van der Waals surface area contributed by atoms with Gasteiger partial charge in [0.1, 0.15) is 5.82 Å². The number of fused-ring (bicyclic) bond motifs is 4. The highest BCUT2D eigenvalue weighted by atomic mass is 15.1. The molecule has 30 heavy (non-hydrogen) atoms. The maximum absolute atomic E-state index is 4.70. The van der Waals surface area contributed by atoms with E-state index in [1.165, 1.54) is 22.3 Å². The standard InChI is InChI=1S/C27H21N3/c1-27(2)23-11-4-3-9-20(23)22-17-19(12-13-24(22)27)30-16-15-29-26(30)21-10-5-7-18-8-6-14-28-25(18)21/h3-17H,1-2H3. The number of imidazole rings is 1. The van der Waals surface area contributed by atoms with Crippen LogP contribution in [0.1, 0.15) is 25.0 Å². The SMILES string of the molecule is CC1(C)c2ccccc2-c2cc(-n3ccnc3-c3cccc4cccnc34)ccc21. The third-order valence-corrected chi connectivity index (χ3v) is 6.36. The average molecular weight is 387 g/mol. The first kappa shape index (κ1) is 17.2. The molecule has 1 aliphatic carbocycles.